The maximum absolute atomic E-state index is 12.3. The highest BCUT2D eigenvalue weighted by molar-refractivity contribution is 5.70. The van der Waals surface area contributed by atoms with Gasteiger partial charge in [0.15, 0.2) is 6.10 Å². The topological polar surface area (TPSA) is 72.8 Å². The molecule has 0 aliphatic rings. The largest absolute Gasteiger partial charge is 0.462 e. The molecule has 0 heterocycles. The zero-order valence-electron chi connectivity index (χ0n) is 44.9. The number of rotatable bonds is 53. The Morgan fingerprint density at radius 2 is 0.632 bits per heavy atom. The average Bonchev–Trinajstić information content (AvgIpc) is 3.34. The van der Waals surface area contributed by atoms with Crippen LogP contribution in [0.3, 0.4) is 0 Å². The van der Waals surface area contributed by atoms with Crippen molar-refractivity contribution in [3.8, 4) is 0 Å². The van der Waals surface area contributed by atoms with Crippen LogP contribution in [0.4, 0.5) is 0 Å². The SMILES string of the molecule is CC/C=C\C/C=C\C/C=C\C/C=C\CCCCCCCCCCCCCCCCCCCCCCCCC(=O)OC(CO)COC(=O)CCCCCCCC/C=C\C/C=C\C/C=C\CCCCC. The molecule has 5 nitrogen and oxygen atoms in total. The normalized spacial score (nSPS) is 12.8. The van der Waals surface area contributed by atoms with Gasteiger partial charge in [0.1, 0.15) is 6.61 Å². The molecule has 0 aromatic heterocycles. The summed E-state index contributed by atoms with van der Waals surface area (Å²) in [4.78, 5) is 24.5. The van der Waals surface area contributed by atoms with Crippen LogP contribution in [0, 0.1) is 0 Å². The van der Waals surface area contributed by atoms with Gasteiger partial charge in [0, 0.05) is 12.8 Å². The highest BCUT2D eigenvalue weighted by Crippen LogP contribution is 2.17. The van der Waals surface area contributed by atoms with Crippen molar-refractivity contribution in [2.75, 3.05) is 13.2 Å². The second-order valence-corrected chi connectivity index (χ2v) is 19.3. The Balaban J connectivity index is 3.45. The van der Waals surface area contributed by atoms with E-state index < -0.39 is 6.10 Å². The molecule has 0 bridgehead atoms. The molecule has 0 aromatic carbocycles. The van der Waals surface area contributed by atoms with E-state index in [9.17, 15) is 14.7 Å². The van der Waals surface area contributed by atoms with Gasteiger partial charge in [-0.2, -0.15) is 0 Å². The van der Waals surface area contributed by atoms with Gasteiger partial charge in [0.2, 0.25) is 0 Å². The first-order valence-electron chi connectivity index (χ1n) is 29.1. The van der Waals surface area contributed by atoms with Gasteiger partial charge in [-0.05, 0) is 89.9 Å². The molecule has 0 spiro atoms. The van der Waals surface area contributed by atoms with E-state index in [0.29, 0.717) is 12.8 Å². The van der Waals surface area contributed by atoms with E-state index in [2.05, 4.69) is 98.9 Å². The Morgan fingerprint density at radius 3 is 0.956 bits per heavy atom. The fourth-order valence-electron chi connectivity index (χ4n) is 8.32. The second kappa shape index (κ2) is 58.4. The molecule has 0 fully saturated rings. The van der Waals surface area contributed by atoms with Gasteiger partial charge in [-0.1, -0.05) is 266 Å². The van der Waals surface area contributed by atoms with Crippen molar-refractivity contribution in [2.24, 2.45) is 0 Å². The molecule has 0 saturated heterocycles. The number of hydrogen-bond acceptors (Lipinski definition) is 5. The van der Waals surface area contributed by atoms with Crippen LogP contribution in [-0.4, -0.2) is 36.4 Å². The zero-order valence-corrected chi connectivity index (χ0v) is 44.9. The van der Waals surface area contributed by atoms with Gasteiger partial charge >= 0.3 is 11.9 Å². The Morgan fingerprint density at radius 1 is 0.353 bits per heavy atom. The number of allylic oxidation sites excluding steroid dienone is 14. The minimum Gasteiger partial charge on any atom is -0.462 e. The number of aliphatic hydroxyl groups is 1. The van der Waals surface area contributed by atoms with Gasteiger partial charge < -0.3 is 14.6 Å². The van der Waals surface area contributed by atoms with Gasteiger partial charge in [-0.3, -0.25) is 9.59 Å². The molecule has 0 aliphatic heterocycles. The lowest BCUT2D eigenvalue weighted by Gasteiger charge is -2.15. The van der Waals surface area contributed by atoms with Crippen LogP contribution in [0.15, 0.2) is 85.1 Å². The standard InChI is InChI=1S/C63H110O5/c1-3-5-7-9-11-13-15-17-19-21-23-24-25-26-27-28-29-30-31-32-33-34-35-36-37-38-40-42-44-46-48-50-52-54-56-58-63(66)68-61(59-64)60-67-62(65)57-55-53-51-49-47-45-43-41-39-22-20-18-16-14-12-10-8-6-4-2/h5,7,11-14,17-20,23-24,39,41,61,64H,3-4,6,8-10,15-16,21-22,25-38,40,42-60H2,1-2H3/b7-5-,13-11-,14-12-,19-17-,20-18-,24-23-,41-39-. The average molecular weight is 948 g/mol. The summed E-state index contributed by atoms with van der Waals surface area (Å²) >= 11 is 0. The highest BCUT2D eigenvalue weighted by Gasteiger charge is 2.16. The molecule has 0 amide bonds. The molecule has 392 valence electrons. The van der Waals surface area contributed by atoms with Gasteiger partial charge in [-0.15, -0.1) is 0 Å². The van der Waals surface area contributed by atoms with Crippen molar-refractivity contribution in [3.05, 3.63) is 85.1 Å². The first-order valence-corrected chi connectivity index (χ1v) is 29.1. The van der Waals surface area contributed by atoms with Crippen molar-refractivity contribution < 1.29 is 24.2 Å². The van der Waals surface area contributed by atoms with Crippen molar-refractivity contribution in [3.63, 3.8) is 0 Å². The van der Waals surface area contributed by atoms with Crippen LogP contribution in [0.2, 0.25) is 0 Å². The van der Waals surface area contributed by atoms with E-state index in [1.165, 1.54) is 173 Å². The summed E-state index contributed by atoms with van der Waals surface area (Å²) in [5.74, 6) is -0.597. The van der Waals surface area contributed by atoms with Crippen LogP contribution in [0.1, 0.15) is 284 Å². The number of unbranched alkanes of at least 4 members (excludes halogenated alkanes) is 31. The van der Waals surface area contributed by atoms with E-state index in [0.717, 1.165) is 83.5 Å². The molecule has 5 heteroatoms. The van der Waals surface area contributed by atoms with Crippen LogP contribution < -0.4 is 0 Å². The lowest BCUT2D eigenvalue weighted by Crippen LogP contribution is -2.28. The van der Waals surface area contributed by atoms with E-state index in [4.69, 9.17) is 9.47 Å². The van der Waals surface area contributed by atoms with Crippen molar-refractivity contribution >= 4 is 11.9 Å². The monoisotopic (exact) mass is 947 g/mol. The summed E-state index contributed by atoms with van der Waals surface area (Å²) in [5, 5.41) is 9.65. The number of aliphatic hydroxyl groups excluding tert-OH is 1. The minimum absolute atomic E-state index is 0.0728. The first kappa shape index (κ1) is 65.1. The van der Waals surface area contributed by atoms with Crippen LogP contribution in [-0.2, 0) is 19.1 Å². The Kier molecular flexibility index (Phi) is 55.9. The molecular formula is C63H110O5. The van der Waals surface area contributed by atoms with Crippen molar-refractivity contribution in [1.82, 2.24) is 0 Å². The third-order valence-electron chi connectivity index (χ3n) is 12.7. The van der Waals surface area contributed by atoms with Crippen molar-refractivity contribution in [2.45, 2.75) is 290 Å². The van der Waals surface area contributed by atoms with E-state index in [1.54, 1.807) is 0 Å². The van der Waals surface area contributed by atoms with Crippen LogP contribution >= 0.6 is 0 Å². The summed E-state index contributed by atoms with van der Waals surface area (Å²) in [5.41, 5.74) is 0. The van der Waals surface area contributed by atoms with Crippen LogP contribution in [0.5, 0.6) is 0 Å². The fourth-order valence-corrected chi connectivity index (χ4v) is 8.32. The third-order valence-corrected chi connectivity index (χ3v) is 12.7. The number of carbonyl (C=O) groups excluding carboxylic acids is 2. The smallest absolute Gasteiger partial charge is 0.306 e. The predicted molar refractivity (Wildman–Crippen MR) is 297 cm³/mol. The Hall–Kier alpha value is -2.92. The molecule has 68 heavy (non-hydrogen) atoms. The van der Waals surface area contributed by atoms with Crippen LogP contribution in [0.25, 0.3) is 0 Å². The molecule has 1 N–H and O–H groups in total. The summed E-state index contributed by atoms with van der Waals surface area (Å²) in [6.07, 6.45) is 81.4. The predicted octanol–water partition coefficient (Wildman–Crippen LogP) is 19.8. The summed E-state index contributed by atoms with van der Waals surface area (Å²) < 4.78 is 10.7. The molecule has 0 aromatic rings. The molecule has 0 saturated carbocycles. The van der Waals surface area contributed by atoms with Gasteiger partial charge in [0.05, 0.1) is 6.61 Å². The molecule has 1 unspecified atom stereocenters. The Bertz CT molecular complexity index is 1250. The maximum Gasteiger partial charge on any atom is 0.306 e. The first-order chi connectivity index (χ1) is 33.6. The highest BCUT2D eigenvalue weighted by atomic mass is 16.6. The summed E-state index contributed by atoms with van der Waals surface area (Å²) in [7, 11) is 0. The lowest BCUT2D eigenvalue weighted by molar-refractivity contribution is -0.161. The third kappa shape index (κ3) is 55.7. The van der Waals surface area contributed by atoms with Gasteiger partial charge in [-0.25, -0.2) is 0 Å². The second-order valence-electron chi connectivity index (χ2n) is 19.3. The van der Waals surface area contributed by atoms with E-state index in [1.807, 2.05) is 0 Å². The number of hydrogen-bond donors (Lipinski definition) is 1. The lowest BCUT2D eigenvalue weighted by atomic mass is 10.0. The van der Waals surface area contributed by atoms with E-state index in [-0.39, 0.29) is 25.2 Å². The fraction of sp³-hybridized carbons (Fsp3) is 0.746. The zero-order chi connectivity index (χ0) is 49.2. The number of esters is 2. The van der Waals surface area contributed by atoms with E-state index >= 15 is 0 Å². The molecule has 1 atom stereocenters. The summed E-state index contributed by atoms with van der Waals surface area (Å²) in [6, 6.07) is 0. The number of ether oxygens (including phenoxy) is 2. The minimum atomic E-state index is -0.780. The summed E-state index contributed by atoms with van der Waals surface area (Å²) in [6.45, 7) is 4.01. The molecular weight excluding hydrogens is 837 g/mol. The number of carbonyl (C=O) groups is 2. The van der Waals surface area contributed by atoms with Gasteiger partial charge in [0.25, 0.3) is 0 Å². The Labute approximate surface area is 422 Å². The maximum atomic E-state index is 12.3. The molecule has 0 radical (unpaired) electrons. The molecule has 0 aliphatic carbocycles. The van der Waals surface area contributed by atoms with Crippen molar-refractivity contribution in [1.29, 1.82) is 0 Å². The molecule has 0 rings (SSSR count). The quantitative estimate of drug-likeness (QED) is 0.0374.